The molecule has 1 fully saturated rings. The first-order valence-corrected chi connectivity index (χ1v) is 6.68. The van der Waals surface area contributed by atoms with E-state index in [1.54, 1.807) is 18.2 Å². The van der Waals surface area contributed by atoms with E-state index in [0.29, 0.717) is 17.9 Å². The zero-order valence-corrected chi connectivity index (χ0v) is 11.2. The Hall–Kier alpha value is -1.03. The van der Waals surface area contributed by atoms with Crippen molar-refractivity contribution >= 4 is 27.6 Å². The van der Waals surface area contributed by atoms with Gasteiger partial charge in [-0.2, -0.15) is 0 Å². The fourth-order valence-electron chi connectivity index (χ4n) is 1.88. The highest BCUT2D eigenvalue weighted by Gasteiger charge is 2.18. The van der Waals surface area contributed by atoms with Crippen LogP contribution in [-0.2, 0) is 4.74 Å². The second-order valence-electron chi connectivity index (χ2n) is 4.45. The van der Waals surface area contributed by atoms with Crippen LogP contribution in [0.25, 0.3) is 0 Å². The number of hydrogen-bond donors (Lipinski definition) is 1. The number of carbonyl (C=O) groups is 1. The van der Waals surface area contributed by atoms with Crippen LogP contribution in [0, 0.1) is 5.92 Å². The van der Waals surface area contributed by atoms with Gasteiger partial charge in [-0.3, -0.25) is 0 Å². The number of nitrogens with two attached hydrogens (primary N) is 1. The van der Waals surface area contributed by atoms with Gasteiger partial charge >= 0.3 is 5.97 Å². The Morgan fingerprint density at radius 1 is 1.47 bits per heavy atom. The highest BCUT2D eigenvalue weighted by Crippen LogP contribution is 2.29. The first-order valence-electron chi connectivity index (χ1n) is 5.89. The molecule has 0 heterocycles. The van der Waals surface area contributed by atoms with Gasteiger partial charge in [-0.1, -0.05) is 35.2 Å². The van der Waals surface area contributed by atoms with Gasteiger partial charge in [0.05, 0.1) is 12.2 Å². The summed E-state index contributed by atoms with van der Waals surface area (Å²) in [4.78, 5) is 11.8. The lowest BCUT2D eigenvalue weighted by molar-refractivity contribution is 0.0465. The van der Waals surface area contributed by atoms with Crippen molar-refractivity contribution in [3.05, 3.63) is 28.2 Å². The van der Waals surface area contributed by atoms with Gasteiger partial charge in [0.1, 0.15) is 0 Å². The van der Waals surface area contributed by atoms with Gasteiger partial charge in [0, 0.05) is 10.2 Å². The van der Waals surface area contributed by atoms with Crippen LogP contribution in [0.3, 0.4) is 0 Å². The third-order valence-corrected chi connectivity index (χ3v) is 3.71. The van der Waals surface area contributed by atoms with Crippen LogP contribution in [0.4, 0.5) is 5.69 Å². The number of nitrogen functional groups attached to an aromatic ring is 1. The predicted molar refractivity (Wildman–Crippen MR) is 70.8 cm³/mol. The van der Waals surface area contributed by atoms with Gasteiger partial charge in [-0.05, 0) is 30.5 Å². The smallest absolute Gasteiger partial charge is 0.340 e. The van der Waals surface area contributed by atoms with Crippen LogP contribution in [-0.4, -0.2) is 12.6 Å². The number of halogens is 1. The third kappa shape index (κ3) is 3.22. The molecule has 0 aromatic heterocycles. The lowest BCUT2D eigenvalue weighted by atomic mass is 9.83. The molecule has 0 aliphatic heterocycles. The van der Waals surface area contributed by atoms with Crippen molar-refractivity contribution in [1.82, 2.24) is 0 Å². The first kappa shape index (κ1) is 12.4. The number of ether oxygens (including phenoxy) is 1. The molecule has 4 heteroatoms. The van der Waals surface area contributed by atoms with Crippen molar-refractivity contribution < 1.29 is 9.53 Å². The molecule has 0 spiro atoms. The number of esters is 1. The summed E-state index contributed by atoms with van der Waals surface area (Å²) in [5, 5.41) is 0. The Morgan fingerprint density at radius 2 is 2.24 bits per heavy atom. The molecule has 17 heavy (non-hydrogen) atoms. The summed E-state index contributed by atoms with van der Waals surface area (Å²) >= 11 is 3.31. The van der Waals surface area contributed by atoms with Crippen LogP contribution in [0.15, 0.2) is 22.7 Å². The molecule has 3 nitrogen and oxygen atoms in total. The highest BCUT2D eigenvalue weighted by molar-refractivity contribution is 9.10. The zero-order valence-electron chi connectivity index (χ0n) is 9.62. The molecule has 0 atom stereocenters. The molecule has 1 aliphatic rings. The summed E-state index contributed by atoms with van der Waals surface area (Å²) in [6.45, 7) is 0.495. The minimum atomic E-state index is -0.330. The molecule has 0 bridgehead atoms. The first-order chi connectivity index (χ1) is 8.16. The van der Waals surface area contributed by atoms with Gasteiger partial charge in [0.25, 0.3) is 0 Å². The summed E-state index contributed by atoms with van der Waals surface area (Å²) in [6.07, 6.45) is 4.84. The fraction of sp³-hybridized carbons (Fsp3) is 0.462. The topological polar surface area (TPSA) is 52.3 Å². The second kappa shape index (κ2) is 5.54. The van der Waals surface area contributed by atoms with E-state index in [9.17, 15) is 4.79 Å². The molecule has 1 aromatic carbocycles. The standard InChI is InChI=1S/C13H16BrNO2/c14-10-4-5-12(15)11(8-10)13(16)17-7-6-9-2-1-3-9/h4-5,8-9H,1-3,6-7,15H2. The maximum absolute atomic E-state index is 11.8. The SMILES string of the molecule is Nc1ccc(Br)cc1C(=O)OCCC1CCC1. The van der Waals surface area contributed by atoms with E-state index in [1.165, 1.54) is 19.3 Å². The van der Waals surface area contributed by atoms with Crippen molar-refractivity contribution in [3.8, 4) is 0 Å². The van der Waals surface area contributed by atoms with Gasteiger partial charge in [0.2, 0.25) is 0 Å². The number of carbonyl (C=O) groups excluding carboxylic acids is 1. The molecule has 0 radical (unpaired) electrons. The minimum Gasteiger partial charge on any atom is -0.462 e. The fourth-order valence-corrected chi connectivity index (χ4v) is 2.24. The largest absolute Gasteiger partial charge is 0.462 e. The number of rotatable bonds is 4. The minimum absolute atomic E-state index is 0.330. The molecular weight excluding hydrogens is 282 g/mol. The second-order valence-corrected chi connectivity index (χ2v) is 5.37. The molecule has 0 unspecified atom stereocenters. The number of hydrogen-bond acceptors (Lipinski definition) is 3. The van der Waals surface area contributed by atoms with Crippen molar-refractivity contribution in [1.29, 1.82) is 0 Å². The van der Waals surface area contributed by atoms with Crippen molar-refractivity contribution in [2.45, 2.75) is 25.7 Å². The van der Waals surface area contributed by atoms with Crippen LogP contribution < -0.4 is 5.73 Å². The molecule has 1 aromatic rings. The van der Waals surface area contributed by atoms with E-state index < -0.39 is 0 Å². The zero-order chi connectivity index (χ0) is 12.3. The normalized spacial score (nSPS) is 15.4. The van der Waals surface area contributed by atoms with E-state index in [-0.39, 0.29) is 5.97 Å². The van der Waals surface area contributed by atoms with Crippen LogP contribution in [0.1, 0.15) is 36.0 Å². The summed E-state index contributed by atoms with van der Waals surface area (Å²) in [5.41, 5.74) is 6.64. The van der Waals surface area contributed by atoms with E-state index in [4.69, 9.17) is 10.5 Å². The monoisotopic (exact) mass is 297 g/mol. The lowest BCUT2D eigenvalue weighted by Gasteiger charge is -2.24. The predicted octanol–water partition coefficient (Wildman–Crippen LogP) is 3.38. The van der Waals surface area contributed by atoms with Gasteiger partial charge in [-0.15, -0.1) is 0 Å². The van der Waals surface area contributed by atoms with E-state index in [2.05, 4.69) is 15.9 Å². The summed E-state index contributed by atoms with van der Waals surface area (Å²) < 4.78 is 6.06. The lowest BCUT2D eigenvalue weighted by Crippen LogP contribution is -2.16. The number of anilines is 1. The quantitative estimate of drug-likeness (QED) is 0.685. The maximum atomic E-state index is 11.8. The molecule has 92 valence electrons. The Kier molecular flexibility index (Phi) is 4.05. The molecule has 2 N–H and O–H groups in total. The van der Waals surface area contributed by atoms with Crippen LogP contribution in [0.2, 0.25) is 0 Å². The maximum Gasteiger partial charge on any atom is 0.340 e. The summed E-state index contributed by atoms with van der Waals surface area (Å²) in [7, 11) is 0. The summed E-state index contributed by atoms with van der Waals surface area (Å²) in [5.74, 6) is 0.422. The molecule has 0 amide bonds. The van der Waals surface area contributed by atoms with E-state index >= 15 is 0 Å². The Balaban J connectivity index is 1.87. The molecule has 1 aliphatic carbocycles. The van der Waals surface area contributed by atoms with Gasteiger partial charge in [-0.25, -0.2) is 4.79 Å². The Labute approximate surface area is 109 Å². The van der Waals surface area contributed by atoms with Gasteiger partial charge in [0.15, 0.2) is 0 Å². The van der Waals surface area contributed by atoms with Crippen molar-refractivity contribution in [3.63, 3.8) is 0 Å². The Bertz CT molecular complexity index is 416. The number of benzene rings is 1. The van der Waals surface area contributed by atoms with Crippen LogP contribution in [0.5, 0.6) is 0 Å². The Morgan fingerprint density at radius 3 is 2.88 bits per heavy atom. The molecule has 2 rings (SSSR count). The highest BCUT2D eigenvalue weighted by atomic mass is 79.9. The van der Waals surface area contributed by atoms with E-state index in [0.717, 1.165) is 16.8 Å². The van der Waals surface area contributed by atoms with Gasteiger partial charge < -0.3 is 10.5 Å². The molecular formula is C13H16BrNO2. The van der Waals surface area contributed by atoms with Crippen molar-refractivity contribution in [2.75, 3.05) is 12.3 Å². The molecule has 0 saturated heterocycles. The third-order valence-electron chi connectivity index (χ3n) is 3.22. The molecule has 1 saturated carbocycles. The van der Waals surface area contributed by atoms with Crippen LogP contribution >= 0.6 is 15.9 Å². The average molecular weight is 298 g/mol. The van der Waals surface area contributed by atoms with Crippen molar-refractivity contribution in [2.24, 2.45) is 5.92 Å². The average Bonchev–Trinajstić information content (AvgIpc) is 2.25. The van der Waals surface area contributed by atoms with E-state index in [1.807, 2.05) is 0 Å². The summed E-state index contributed by atoms with van der Waals surface area (Å²) in [6, 6.07) is 5.20.